The van der Waals surface area contributed by atoms with E-state index >= 15 is 0 Å². The second-order valence-corrected chi connectivity index (χ2v) is 6.86. The number of pyridine rings is 1. The Morgan fingerprint density at radius 2 is 2.29 bits per heavy atom. The summed E-state index contributed by atoms with van der Waals surface area (Å²) in [7, 11) is -2.76. The Labute approximate surface area is 87.9 Å². The van der Waals surface area contributed by atoms with Crippen LogP contribution in [0.4, 0.5) is 0 Å². The van der Waals surface area contributed by atoms with Crippen molar-refractivity contribution in [3.05, 3.63) is 24.4 Å². The van der Waals surface area contributed by atoms with Gasteiger partial charge < -0.3 is 0 Å². The van der Waals surface area contributed by atoms with Crippen molar-refractivity contribution < 1.29 is 8.42 Å². The fraction of sp³-hybridized carbons (Fsp3) is 0.444. The molecule has 0 radical (unpaired) electrons. The fourth-order valence-electron chi connectivity index (χ4n) is 1.44. The van der Waals surface area contributed by atoms with Crippen molar-refractivity contribution in [2.24, 2.45) is 0 Å². The van der Waals surface area contributed by atoms with Gasteiger partial charge in [0.05, 0.1) is 16.5 Å². The molecule has 1 aliphatic heterocycles. The molecule has 0 bridgehead atoms. The van der Waals surface area contributed by atoms with E-state index in [1.165, 1.54) is 0 Å². The van der Waals surface area contributed by atoms with Crippen LogP contribution in [-0.4, -0.2) is 30.2 Å². The molecule has 0 N–H and O–H groups in total. The molecule has 2 heterocycles. The maximum atomic E-state index is 11.2. The lowest BCUT2D eigenvalue weighted by Gasteiger charge is -2.05. The average molecular weight is 229 g/mol. The molecule has 5 heteroatoms. The van der Waals surface area contributed by atoms with Gasteiger partial charge in [0.15, 0.2) is 9.84 Å². The zero-order valence-electron chi connectivity index (χ0n) is 7.59. The van der Waals surface area contributed by atoms with Crippen LogP contribution >= 0.6 is 11.8 Å². The van der Waals surface area contributed by atoms with Crippen LogP contribution in [0.1, 0.15) is 6.42 Å². The Bertz CT molecular complexity index is 402. The summed E-state index contributed by atoms with van der Waals surface area (Å²) in [6, 6.07) is 5.68. The van der Waals surface area contributed by atoms with E-state index in [9.17, 15) is 8.42 Å². The lowest BCUT2D eigenvalue weighted by Crippen LogP contribution is -2.06. The molecule has 0 aliphatic carbocycles. The van der Waals surface area contributed by atoms with Crippen LogP contribution in [-0.2, 0) is 9.84 Å². The van der Waals surface area contributed by atoms with Crippen LogP contribution < -0.4 is 0 Å². The van der Waals surface area contributed by atoms with E-state index in [2.05, 4.69) is 4.98 Å². The molecule has 0 saturated carbocycles. The van der Waals surface area contributed by atoms with Crippen molar-refractivity contribution in [3.63, 3.8) is 0 Å². The Balaban J connectivity index is 2.01. The summed E-state index contributed by atoms with van der Waals surface area (Å²) in [6.07, 6.45) is 2.48. The van der Waals surface area contributed by atoms with Gasteiger partial charge in [-0.25, -0.2) is 13.4 Å². The standard InChI is InChI=1S/C9H11NO2S2/c11-14(12)6-4-8(7-14)13-9-3-1-2-5-10-9/h1-3,5,8H,4,6-7H2. The van der Waals surface area contributed by atoms with Crippen LogP contribution in [0.5, 0.6) is 0 Å². The average Bonchev–Trinajstić information content (AvgIpc) is 2.47. The predicted octanol–water partition coefficient (Wildman–Crippen LogP) is 1.36. The van der Waals surface area contributed by atoms with Gasteiger partial charge in [0, 0.05) is 11.4 Å². The number of sulfone groups is 1. The van der Waals surface area contributed by atoms with E-state index in [1.807, 2.05) is 18.2 Å². The van der Waals surface area contributed by atoms with E-state index in [0.29, 0.717) is 11.5 Å². The monoisotopic (exact) mass is 229 g/mol. The van der Waals surface area contributed by atoms with Gasteiger partial charge in [0.25, 0.3) is 0 Å². The van der Waals surface area contributed by atoms with Crippen molar-refractivity contribution >= 4 is 21.6 Å². The van der Waals surface area contributed by atoms with Gasteiger partial charge in [-0.3, -0.25) is 0 Å². The molecule has 1 unspecified atom stereocenters. The van der Waals surface area contributed by atoms with Crippen LogP contribution in [0.3, 0.4) is 0 Å². The molecular formula is C9H11NO2S2. The van der Waals surface area contributed by atoms with Crippen molar-refractivity contribution in [1.82, 2.24) is 4.98 Å². The molecule has 14 heavy (non-hydrogen) atoms. The summed E-state index contributed by atoms with van der Waals surface area (Å²) >= 11 is 1.56. The zero-order valence-corrected chi connectivity index (χ0v) is 9.22. The minimum absolute atomic E-state index is 0.190. The lowest BCUT2D eigenvalue weighted by molar-refractivity contribution is 0.602. The second kappa shape index (κ2) is 3.90. The molecule has 1 aliphatic rings. The zero-order chi connectivity index (χ0) is 10.0. The third-order valence-corrected chi connectivity index (χ3v) is 5.31. The summed E-state index contributed by atoms with van der Waals surface area (Å²) in [4.78, 5) is 4.16. The largest absolute Gasteiger partial charge is 0.250 e. The highest BCUT2D eigenvalue weighted by Crippen LogP contribution is 2.29. The normalized spacial score (nSPS) is 25.0. The minimum Gasteiger partial charge on any atom is -0.250 e. The third kappa shape index (κ3) is 2.48. The van der Waals surface area contributed by atoms with Crippen molar-refractivity contribution in [3.8, 4) is 0 Å². The molecule has 1 aromatic rings. The number of aromatic nitrogens is 1. The SMILES string of the molecule is O=S1(=O)CCC(Sc2ccccn2)C1. The first-order valence-electron chi connectivity index (χ1n) is 4.44. The molecular weight excluding hydrogens is 218 g/mol. The van der Waals surface area contributed by atoms with E-state index < -0.39 is 9.84 Å². The van der Waals surface area contributed by atoms with Crippen LogP contribution in [0.2, 0.25) is 0 Å². The van der Waals surface area contributed by atoms with Crippen molar-refractivity contribution in [1.29, 1.82) is 0 Å². The Hall–Kier alpha value is -0.550. The van der Waals surface area contributed by atoms with Gasteiger partial charge >= 0.3 is 0 Å². The maximum absolute atomic E-state index is 11.2. The van der Waals surface area contributed by atoms with E-state index in [0.717, 1.165) is 11.4 Å². The number of hydrogen-bond donors (Lipinski definition) is 0. The quantitative estimate of drug-likeness (QED) is 0.768. The highest BCUT2D eigenvalue weighted by molar-refractivity contribution is 8.01. The predicted molar refractivity (Wildman–Crippen MR) is 57.2 cm³/mol. The minimum atomic E-state index is -2.76. The first-order valence-corrected chi connectivity index (χ1v) is 7.14. The summed E-state index contributed by atoms with van der Waals surface area (Å²) in [5.41, 5.74) is 0. The molecule has 0 aromatic carbocycles. The van der Waals surface area contributed by atoms with Gasteiger partial charge in [0.1, 0.15) is 0 Å². The summed E-state index contributed by atoms with van der Waals surface area (Å²) < 4.78 is 22.4. The number of thioether (sulfide) groups is 1. The highest BCUT2D eigenvalue weighted by atomic mass is 32.2. The molecule has 1 aromatic heterocycles. The van der Waals surface area contributed by atoms with Crippen LogP contribution in [0.15, 0.2) is 29.4 Å². The Kier molecular flexibility index (Phi) is 2.78. The summed E-state index contributed by atoms with van der Waals surface area (Å²) in [5, 5.41) is 1.10. The molecule has 1 atom stereocenters. The van der Waals surface area contributed by atoms with Gasteiger partial charge in [-0.05, 0) is 18.6 Å². The summed E-state index contributed by atoms with van der Waals surface area (Å²) in [5.74, 6) is 0.631. The van der Waals surface area contributed by atoms with Crippen molar-refractivity contribution in [2.45, 2.75) is 16.7 Å². The van der Waals surface area contributed by atoms with Crippen LogP contribution in [0, 0.1) is 0 Å². The maximum Gasteiger partial charge on any atom is 0.151 e. The molecule has 2 rings (SSSR count). The van der Waals surface area contributed by atoms with E-state index in [-0.39, 0.29) is 5.25 Å². The molecule has 1 saturated heterocycles. The third-order valence-electron chi connectivity index (χ3n) is 2.12. The second-order valence-electron chi connectivity index (χ2n) is 3.31. The number of nitrogens with zero attached hydrogens (tertiary/aromatic N) is 1. The summed E-state index contributed by atoms with van der Waals surface area (Å²) in [6.45, 7) is 0. The van der Waals surface area contributed by atoms with Gasteiger partial charge in [-0.15, -0.1) is 11.8 Å². The number of hydrogen-bond acceptors (Lipinski definition) is 4. The fourth-order valence-corrected chi connectivity index (χ4v) is 4.88. The molecule has 3 nitrogen and oxygen atoms in total. The Morgan fingerprint density at radius 3 is 2.86 bits per heavy atom. The van der Waals surface area contributed by atoms with E-state index in [4.69, 9.17) is 0 Å². The first kappa shape index (κ1) is 9.98. The van der Waals surface area contributed by atoms with E-state index in [1.54, 1.807) is 18.0 Å². The van der Waals surface area contributed by atoms with Gasteiger partial charge in [-0.2, -0.15) is 0 Å². The number of rotatable bonds is 2. The van der Waals surface area contributed by atoms with Crippen LogP contribution in [0.25, 0.3) is 0 Å². The first-order chi connectivity index (χ1) is 6.66. The van der Waals surface area contributed by atoms with Gasteiger partial charge in [-0.1, -0.05) is 6.07 Å². The molecule has 0 spiro atoms. The smallest absolute Gasteiger partial charge is 0.151 e. The Morgan fingerprint density at radius 1 is 1.43 bits per heavy atom. The molecule has 1 fully saturated rings. The molecule has 76 valence electrons. The highest BCUT2D eigenvalue weighted by Gasteiger charge is 2.28. The van der Waals surface area contributed by atoms with Crippen molar-refractivity contribution in [2.75, 3.05) is 11.5 Å². The topological polar surface area (TPSA) is 47.0 Å². The lowest BCUT2D eigenvalue weighted by atomic mass is 10.4. The van der Waals surface area contributed by atoms with Gasteiger partial charge in [0.2, 0.25) is 0 Å². The molecule has 0 amide bonds.